The largest absolute Gasteiger partial charge is 0.322 e. The van der Waals surface area contributed by atoms with E-state index in [1.165, 1.54) is 0 Å². The summed E-state index contributed by atoms with van der Waals surface area (Å²) in [6.07, 6.45) is 0. The van der Waals surface area contributed by atoms with Crippen molar-refractivity contribution in [3.05, 3.63) is 58.1 Å². The van der Waals surface area contributed by atoms with E-state index in [1.54, 1.807) is 18.2 Å². The van der Waals surface area contributed by atoms with Crippen molar-refractivity contribution in [2.24, 2.45) is 0 Å². The van der Waals surface area contributed by atoms with E-state index in [-0.39, 0.29) is 5.91 Å². The molecule has 4 nitrogen and oxygen atoms in total. The van der Waals surface area contributed by atoms with E-state index in [0.29, 0.717) is 21.3 Å². The van der Waals surface area contributed by atoms with Crippen molar-refractivity contribution in [3.63, 3.8) is 0 Å². The maximum absolute atomic E-state index is 12.2. The lowest BCUT2D eigenvalue weighted by Crippen LogP contribution is -2.18. The molecule has 6 heteroatoms. The number of anilines is 2. The second-order valence-electron chi connectivity index (χ2n) is 5.27. The van der Waals surface area contributed by atoms with Gasteiger partial charge in [0.05, 0.1) is 24.1 Å². The molecule has 0 radical (unpaired) electrons. The standard InChI is InChI=1S/C17H17Cl2N3O/c1-11(22(2)3)20-13-5-7-14(8-6-13)21-17(23)12-4-9-15(18)16(19)10-12/h4-10H,1-3H3,(H,21,23)/p+1. The third kappa shape index (κ3) is 4.71. The molecule has 2 N–H and O–H groups in total. The predicted molar refractivity (Wildman–Crippen MR) is 97.3 cm³/mol. The number of benzene rings is 2. The Labute approximate surface area is 145 Å². The highest BCUT2D eigenvalue weighted by molar-refractivity contribution is 6.42. The zero-order chi connectivity index (χ0) is 17.0. The zero-order valence-electron chi connectivity index (χ0n) is 13.2. The lowest BCUT2D eigenvalue weighted by atomic mass is 10.2. The van der Waals surface area contributed by atoms with E-state index >= 15 is 0 Å². The predicted octanol–water partition coefficient (Wildman–Crippen LogP) is 4.35. The molecule has 23 heavy (non-hydrogen) atoms. The summed E-state index contributed by atoms with van der Waals surface area (Å²) in [6, 6.07) is 12.3. The topological polar surface area (TPSA) is 44.1 Å². The van der Waals surface area contributed by atoms with E-state index < -0.39 is 0 Å². The normalized spacial score (nSPS) is 10.1. The first-order valence-electron chi connectivity index (χ1n) is 7.01. The minimum Gasteiger partial charge on any atom is -0.322 e. The molecule has 120 valence electrons. The van der Waals surface area contributed by atoms with Gasteiger partial charge < -0.3 is 5.32 Å². The Morgan fingerprint density at radius 3 is 2.00 bits per heavy atom. The van der Waals surface area contributed by atoms with Gasteiger partial charge in [0.1, 0.15) is 5.69 Å². The lowest BCUT2D eigenvalue weighted by molar-refractivity contribution is -0.464. The molecule has 0 aromatic heterocycles. The van der Waals surface area contributed by atoms with Gasteiger partial charge in [0, 0.05) is 18.2 Å². The summed E-state index contributed by atoms with van der Waals surface area (Å²) in [7, 11) is 3.93. The van der Waals surface area contributed by atoms with Gasteiger partial charge in [-0.25, -0.2) is 5.32 Å². The summed E-state index contributed by atoms with van der Waals surface area (Å²) < 4.78 is 1.99. The van der Waals surface area contributed by atoms with Crippen molar-refractivity contribution in [2.75, 3.05) is 24.7 Å². The molecular weight excluding hydrogens is 333 g/mol. The summed E-state index contributed by atoms with van der Waals surface area (Å²) in [5, 5.41) is 6.87. The van der Waals surface area contributed by atoms with Crippen LogP contribution >= 0.6 is 23.2 Å². The number of hydrogen-bond acceptors (Lipinski definition) is 1. The summed E-state index contributed by atoms with van der Waals surface area (Å²) >= 11 is 11.8. The van der Waals surface area contributed by atoms with Gasteiger partial charge in [-0.1, -0.05) is 23.2 Å². The smallest absolute Gasteiger partial charge is 0.255 e. The number of rotatable bonds is 3. The molecule has 2 aromatic rings. The van der Waals surface area contributed by atoms with Crippen LogP contribution in [0.4, 0.5) is 11.4 Å². The van der Waals surface area contributed by atoms with Crippen LogP contribution in [0.15, 0.2) is 42.5 Å². The summed E-state index contributed by atoms with van der Waals surface area (Å²) in [5.74, 6) is 0.790. The fraction of sp³-hybridized carbons (Fsp3) is 0.176. The van der Waals surface area contributed by atoms with E-state index in [2.05, 4.69) is 10.6 Å². The molecule has 0 unspecified atom stereocenters. The van der Waals surface area contributed by atoms with Crippen LogP contribution in [0.25, 0.3) is 0 Å². The number of halogens is 2. The van der Waals surface area contributed by atoms with Crippen LogP contribution in [0.3, 0.4) is 0 Å². The SMILES string of the molecule is CC(Nc1ccc(NC(=O)c2ccc(Cl)c(Cl)c2)cc1)=[N+](C)C. The summed E-state index contributed by atoms with van der Waals surface area (Å²) in [4.78, 5) is 12.2. The van der Waals surface area contributed by atoms with Gasteiger partial charge >= 0.3 is 0 Å². The van der Waals surface area contributed by atoms with Gasteiger partial charge in [0.25, 0.3) is 5.91 Å². The third-order valence-corrected chi connectivity index (χ3v) is 4.06. The van der Waals surface area contributed by atoms with Crippen LogP contribution in [0.2, 0.25) is 10.0 Å². The van der Waals surface area contributed by atoms with E-state index in [9.17, 15) is 4.79 Å². The summed E-state index contributed by atoms with van der Waals surface area (Å²) in [5.41, 5.74) is 2.11. The first-order chi connectivity index (χ1) is 10.9. The molecule has 0 aliphatic heterocycles. The van der Waals surface area contributed by atoms with Gasteiger partial charge in [-0.15, -0.1) is 0 Å². The number of carbonyl (C=O) groups excluding carboxylic acids is 1. The highest BCUT2D eigenvalue weighted by Gasteiger charge is 2.09. The molecular formula is C17H18Cl2N3O+. The van der Waals surface area contributed by atoms with Crippen LogP contribution in [0.1, 0.15) is 17.3 Å². The van der Waals surface area contributed by atoms with Crippen LogP contribution < -0.4 is 10.6 Å². The Hall–Kier alpha value is -2.04. The average Bonchev–Trinajstić information content (AvgIpc) is 2.51. The highest BCUT2D eigenvalue weighted by atomic mass is 35.5. The van der Waals surface area contributed by atoms with E-state index in [4.69, 9.17) is 23.2 Å². The Morgan fingerprint density at radius 2 is 1.48 bits per heavy atom. The second-order valence-corrected chi connectivity index (χ2v) is 6.08. The molecule has 0 aliphatic rings. The molecule has 0 aliphatic carbocycles. The molecule has 0 atom stereocenters. The first kappa shape index (κ1) is 17.3. The minimum atomic E-state index is -0.236. The third-order valence-electron chi connectivity index (χ3n) is 3.32. The van der Waals surface area contributed by atoms with E-state index in [0.717, 1.165) is 11.5 Å². The monoisotopic (exact) mass is 350 g/mol. The van der Waals surface area contributed by atoms with Gasteiger partial charge in [-0.05, 0) is 42.5 Å². The minimum absolute atomic E-state index is 0.236. The highest BCUT2D eigenvalue weighted by Crippen LogP contribution is 2.23. The number of nitrogens with zero attached hydrogens (tertiary/aromatic N) is 1. The summed E-state index contributed by atoms with van der Waals surface area (Å²) in [6.45, 7) is 1.99. The van der Waals surface area contributed by atoms with Crippen LogP contribution in [-0.2, 0) is 0 Å². The van der Waals surface area contributed by atoms with Gasteiger partial charge in [0.2, 0.25) is 5.84 Å². The Kier molecular flexibility index (Phi) is 5.64. The van der Waals surface area contributed by atoms with Crippen molar-refractivity contribution in [2.45, 2.75) is 6.92 Å². The molecule has 0 saturated carbocycles. The number of carbonyl (C=O) groups is 1. The number of hydrogen-bond donors (Lipinski definition) is 2. The fourth-order valence-electron chi connectivity index (χ4n) is 1.80. The molecule has 0 spiro atoms. The number of nitrogens with one attached hydrogen (secondary N) is 2. The molecule has 0 heterocycles. The molecule has 2 rings (SSSR count). The Morgan fingerprint density at radius 1 is 0.913 bits per heavy atom. The van der Waals surface area contributed by atoms with Crippen LogP contribution in [0.5, 0.6) is 0 Å². The van der Waals surface area contributed by atoms with Crippen molar-refractivity contribution in [1.29, 1.82) is 0 Å². The first-order valence-corrected chi connectivity index (χ1v) is 7.77. The molecule has 0 bridgehead atoms. The zero-order valence-corrected chi connectivity index (χ0v) is 14.7. The van der Waals surface area contributed by atoms with Crippen LogP contribution in [0, 0.1) is 0 Å². The maximum atomic E-state index is 12.2. The molecule has 0 saturated heterocycles. The van der Waals surface area contributed by atoms with Crippen molar-refractivity contribution in [3.8, 4) is 0 Å². The Balaban J connectivity index is 2.07. The Bertz CT molecular complexity index is 751. The van der Waals surface area contributed by atoms with Crippen LogP contribution in [-0.4, -0.2) is 30.4 Å². The molecule has 0 fully saturated rings. The number of amides is 1. The van der Waals surface area contributed by atoms with Crippen molar-refractivity contribution in [1.82, 2.24) is 0 Å². The van der Waals surface area contributed by atoms with Gasteiger partial charge in [0.15, 0.2) is 0 Å². The fourth-order valence-corrected chi connectivity index (χ4v) is 2.10. The lowest BCUT2D eigenvalue weighted by Gasteiger charge is -2.07. The van der Waals surface area contributed by atoms with Crippen molar-refractivity contribution < 1.29 is 9.37 Å². The van der Waals surface area contributed by atoms with Gasteiger partial charge in [-0.2, -0.15) is 0 Å². The molecule has 1 amide bonds. The average molecular weight is 351 g/mol. The van der Waals surface area contributed by atoms with Gasteiger partial charge in [-0.3, -0.25) is 9.37 Å². The van der Waals surface area contributed by atoms with Crippen molar-refractivity contribution >= 4 is 46.3 Å². The maximum Gasteiger partial charge on any atom is 0.255 e. The second kappa shape index (κ2) is 7.49. The van der Waals surface area contributed by atoms with E-state index in [1.807, 2.05) is 49.9 Å². The molecule has 2 aromatic carbocycles. The number of amidine groups is 1. The quantitative estimate of drug-likeness (QED) is 0.491.